The average Bonchev–Trinajstić information content (AvgIpc) is 2.77. The molecule has 0 saturated carbocycles. The van der Waals surface area contributed by atoms with E-state index in [9.17, 15) is 21.6 Å². The van der Waals surface area contributed by atoms with Crippen molar-refractivity contribution in [1.29, 1.82) is 0 Å². The topological polar surface area (TPSA) is 47.0 Å². The standard InChI is InChI=1S/C24H17ClF3NO2S/c1-2-32(30,31)22-10-9-16(14-21(22)25)15-5-3-6-17(13-15)18-11-12-29-23-19(18)7-4-8-20(23)24(26,27)28/h3-14H,2H2,1H3. The van der Waals surface area contributed by atoms with Crippen LogP contribution in [0.5, 0.6) is 0 Å². The van der Waals surface area contributed by atoms with Gasteiger partial charge in [0.15, 0.2) is 9.84 Å². The number of rotatable bonds is 4. The van der Waals surface area contributed by atoms with Crippen LogP contribution in [0.3, 0.4) is 0 Å². The van der Waals surface area contributed by atoms with Crippen molar-refractivity contribution in [3.63, 3.8) is 0 Å². The van der Waals surface area contributed by atoms with E-state index in [4.69, 9.17) is 11.6 Å². The largest absolute Gasteiger partial charge is 0.418 e. The fourth-order valence-electron chi connectivity index (χ4n) is 3.61. The lowest BCUT2D eigenvalue weighted by molar-refractivity contribution is -0.136. The minimum atomic E-state index is -4.51. The summed E-state index contributed by atoms with van der Waals surface area (Å²) in [4.78, 5) is 4.04. The highest BCUT2D eigenvalue weighted by molar-refractivity contribution is 7.91. The first-order valence-corrected chi connectivity index (χ1v) is 11.7. The van der Waals surface area contributed by atoms with Crippen molar-refractivity contribution in [1.82, 2.24) is 4.98 Å². The average molecular weight is 476 g/mol. The monoisotopic (exact) mass is 475 g/mol. The summed E-state index contributed by atoms with van der Waals surface area (Å²) in [6.07, 6.45) is -3.15. The maximum Gasteiger partial charge on any atom is 0.418 e. The van der Waals surface area contributed by atoms with Crippen molar-refractivity contribution in [3.8, 4) is 22.3 Å². The van der Waals surface area contributed by atoms with Crippen LogP contribution in [0.15, 0.2) is 77.8 Å². The number of benzene rings is 3. The molecule has 0 saturated heterocycles. The van der Waals surface area contributed by atoms with Gasteiger partial charge in [-0.25, -0.2) is 8.42 Å². The number of halogens is 4. The number of alkyl halides is 3. The molecule has 3 nitrogen and oxygen atoms in total. The molecule has 0 amide bonds. The van der Waals surface area contributed by atoms with Crippen LogP contribution in [0.25, 0.3) is 33.2 Å². The first-order valence-electron chi connectivity index (χ1n) is 9.70. The van der Waals surface area contributed by atoms with Gasteiger partial charge in [-0.1, -0.05) is 54.9 Å². The highest BCUT2D eigenvalue weighted by atomic mass is 35.5. The zero-order chi connectivity index (χ0) is 23.1. The molecule has 4 rings (SSSR count). The van der Waals surface area contributed by atoms with E-state index in [2.05, 4.69) is 4.98 Å². The second kappa shape index (κ2) is 8.22. The first-order chi connectivity index (χ1) is 15.1. The summed E-state index contributed by atoms with van der Waals surface area (Å²) in [6.45, 7) is 1.55. The lowest BCUT2D eigenvalue weighted by Gasteiger charge is -2.13. The highest BCUT2D eigenvalue weighted by Gasteiger charge is 2.33. The molecule has 0 radical (unpaired) electrons. The molecule has 0 aliphatic heterocycles. The first kappa shape index (κ1) is 22.3. The summed E-state index contributed by atoms with van der Waals surface area (Å²) in [6, 6.07) is 17.6. The van der Waals surface area contributed by atoms with E-state index >= 15 is 0 Å². The maximum absolute atomic E-state index is 13.4. The molecule has 0 atom stereocenters. The zero-order valence-corrected chi connectivity index (χ0v) is 18.4. The molecule has 0 aliphatic rings. The molecule has 0 bridgehead atoms. The Morgan fingerprint density at radius 2 is 1.59 bits per heavy atom. The van der Waals surface area contributed by atoms with Crippen molar-refractivity contribution in [2.75, 3.05) is 5.75 Å². The van der Waals surface area contributed by atoms with E-state index in [1.807, 2.05) is 12.1 Å². The molecule has 1 aromatic heterocycles. The Morgan fingerprint density at radius 1 is 0.906 bits per heavy atom. The van der Waals surface area contributed by atoms with Gasteiger partial charge in [-0.3, -0.25) is 4.98 Å². The van der Waals surface area contributed by atoms with Crippen LogP contribution in [0.4, 0.5) is 13.2 Å². The van der Waals surface area contributed by atoms with Crippen molar-refractivity contribution < 1.29 is 21.6 Å². The van der Waals surface area contributed by atoms with Gasteiger partial charge in [0, 0.05) is 11.6 Å². The van der Waals surface area contributed by atoms with Gasteiger partial charge in [0.05, 0.1) is 26.8 Å². The molecule has 164 valence electrons. The number of aromatic nitrogens is 1. The molecule has 0 fully saturated rings. The number of hydrogen-bond donors (Lipinski definition) is 0. The van der Waals surface area contributed by atoms with Crippen molar-refractivity contribution in [3.05, 3.63) is 83.5 Å². The smallest absolute Gasteiger partial charge is 0.256 e. The van der Waals surface area contributed by atoms with Gasteiger partial charge < -0.3 is 0 Å². The fourth-order valence-corrected chi connectivity index (χ4v) is 5.09. The number of sulfone groups is 1. The normalized spacial score (nSPS) is 12.3. The Kier molecular flexibility index (Phi) is 5.73. The number of pyridine rings is 1. The lowest BCUT2D eigenvalue weighted by atomic mass is 9.96. The minimum Gasteiger partial charge on any atom is -0.256 e. The van der Waals surface area contributed by atoms with Gasteiger partial charge >= 0.3 is 6.18 Å². The molecule has 32 heavy (non-hydrogen) atoms. The molecule has 1 heterocycles. The predicted octanol–water partition coefficient (Wildman–Crippen LogP) is 7.03. The van der Waals surface area contributed by atoms with E-state index in [0.717, 1.165) is 11.6 Å². The summed E-state index contributed by atoms with van der Waals surface area (Å²) >= 11 is 6.24. The van der Waals surface area contributed by atoms with Crippen LogP contribution in [-0.2, 0) is 16.0 Å². The van der Waals surface area contributed by atoms with E-state index in [1.54, 1.807) is 43.3 Å². The maximum atomic E-state index is 13.4. The number of hydrogen-bond acceptors (Lipinski definition) is 3. The Hall–Kier alpha value is -2.90. The van der Waals surface area contributed by atoms with Gasteiger partial charge in [0.2, 0.25) is 0 Å². The molecule has 0 N–H and O–H groups in total. The van der Waals surface area contributed by atoms with E-state index in [-0.39, 0.29) is 21.2 Å². The van der Waals surface area contributed by atoms with Crippen molar-refractivity contribution in [2.45, 2.75) is 18.0 Å². The Balaban J connectivity index is 1.83. The quantitative estimate of drug-likeness (QED) is 0.318. The van der Waals surface area contributed by atoms with E-state index in [1.165, 1.54) is 18.3 Å². The van der Waals surface area contributed by atoms with Gasteiger partial charge in [-0.05, 0) is 52.6 Å². The molecule has 0 aliphatic carbocycles. The Bertz CT molecular complexity index is 1430. The van der Waals surface area contributed by atoms with Crippen LogP contribution in [0.1, 0.15) is 12.5 Å². The summed E-state index contributed by atoms with van der Waals surface area (Å²) in [5, 5.41) is 0.515. The molecule has 0 spiro atoms. The Labute approximate surface area is 188 Å². The van der Waals surface area contributed by atoms with E-state index < -0.39 is 21.6 Å². The highest BCUT2D eigenvalue weighted by Crippen LogP contribution is 2.38. The lowest BCUT2D eigenvalue weighted by Crippen LogP contribution is -2.06. The predicted molar refractivity (Wildman–Crippen MR) is 120 cm³/mol. The third-order valence-electron chi connectivity index (χ3n) is 5.23. The van der Waals surface area contributed by atoms with Gasteiger partial charge in [0.25, 0.3) is 0 Å². The van der Waals surface area contributed by atoms with Crippen molar-refractivity contribution >= 4 is 32.3 Å². The third kappa shape index (κ3) is 4.10. The molecular weight excluding hydrogens is 459 g/mol. The summed E-state index contributed by atoms with van der Waals surface area (Å²) < 4.78 is 64.6. The second-order valence-electron chi connectivity index (χ2n) is 7.19. The number of para-hydroxylation sites is 1. The SMILES string of the molecule is CCS(=O)(=O)c1ccc(-c2cccc(-c3ccnc4c(C(F)(F)F)cccc34)c2)cc1Cl. The van der Waals surface area contributed by atoms with Gasteiger partial charge in [-0.2, -0.15) is 13.2 Å². The summed E-state index contributed by atoms with van der Waals surface area (Å²) in [5.41, 5.74) is 1.87. The molecular formula is C24H17ClF3NO2S. The van der Waals surface area contributed by atoms with Crippen LogP contribution in [-0.4, -0.2) is 19.2 Å². The van der Waals surface area contributed by atoms with Crippen LogP contribution >= 0.6 is 11.6 Å². The van der Waals surface area contributed by atoms with E-state index in [0.29, 0.717) is 22.1 Å². The van der Waals surface area contributed by atoms with Crippen LogP contribution in [0, 0.1) is 0 Å². The Morgan fingerprint density at radius 3 is 2.28 bits per heavy atom. The summed E-state index contributed by atoms with van der Waals surface area (Å²) in [7, 11) is -3.45. The number of nitrogens with zero attached hydrogens (tertiary/aromatic N) is 1. The zero-order valence-electron chi connectivity index (χ0n) is 16.8. The molecule has 4 aromatic rings. The van der Waals surface area contributed by atoms with Crippen molar-refractivity contribution in [2.24, 2.45) is 0 Å². The fraction of sp³-hybridized carbons (Fsp3) is 0.125. The van der Waals surface area contributed by atoms with Crippen LogP contribution < -0.4 is 0 Å². The van der Waals surface area contributed by atoms with Crippen LogP contribution in [0.2, 0.25) is 5.02 Å². The number of fused-ring (bicyclic) bond motifs is 1. The summed E-state index contributed by atoms with van der Waals surface area (Å²) in [5.74, 6) is -0.0589. The molecule has 8 heteroatoms. The molecule has 3 aromatic carbocycles. The molecule has 0 unspecified atom stereocenters. The van der Waals surface area contributed by atoms with Gasteiger partial charge in [-0.15, -0.1) is 0 Å². The van der Waals surface area contributed by atoms with Gasteiger partial charge in [0.1, 0.15) is 0 Å². The minimum absolute atomic E-state index is 0.0589. The second-order valence-corrected chi connectivity index (χ2v) is 9.84. The third-order valence-corrected chi connectivity index (χ3v) is 7.44.